The standard InChI is InChI=1S/C10H10Cl2O2/c1-2-3-14-10-7(6-13)4-8(11)5-9(10)12/h2,4-5,13H,1,3,6H2. The first-order valence-corrected chi connectivity index (χ1v) is 4.77. The topological polar surface area (TPSA) is 29.5 Å². The first kappa shape index (κ1) is 11.4. The van der Waals surface area contributed by atoms with Crippen LogP contribution in [0.5, 0.6) is 5.75 Å². The SMILES string of the molecule is C=CCOc1c(Cl)cc(Cl)cc1CO. The van der Waals surface area contributed by atoms with Gasteiger partial charge in [0, 0.05) is 10.6 Å². The van der Waals surface area contributed by atoms with E-state index in [0.29, 0.717) is 28.0 Å². The summed E-state index contributed by atoms with van der Waals surface area (Å²) in [5.41, 5.74) is 0.573. The van der Waals surface area contributed by atoms with E-state index in [1.54, 1.807) is 18.2 Å². The Morgan fingerprint density at radius 3 is 2.71 bits per heavy atom. The summed E-state index contributed by atoms with van der Waals surface area (Å²) in [6.45, 7) is 3.70. The first-order chi connectivity index (χ1) is 6.69. The van der Waals surface area contributed by atoms with Crippen molar-refractivity contribution in [2.45, 2.75) is 6.61 Å². The number of benzene rings is 1. The molecule has 1 aromatic carbocycles. The second kappa shape index (κ2) is 5.25. The molecule has 1 aromatic rings. The van der Waals surface area contributed by atoms with Gasteiger partial charge in [-0.3, -0.25) is 0 Å². The summed E-state index contributed by atoms with van der Waals surface area (Å²) in [7, 11) is 0. The summed E-state index contributed by atoms with van der Waals surface area (Å²) >= 11 is 11.7. The van der Waals surface area contributed by atoms with Crippen molar-refractivity contribution in [2.24, 2.45) is 0 Å². The molecule has 0 spiro atoms. The van der Waals surface area contributed by atoms with Crippen LogP contribution >= 0.6 is 23.2 Å². The summed E-state index contributed by atoms with van der Waals surface area (Å²) in [5.74, 6) is 0.457. The van der Waals surface area contributed by atoms with Crippen molar-refractivity contribution in [3.8, 4) is 5.75 Å². The molecular formula is C10H10Cl2O2. The van der Waals surface area contributed by atoms with Gasteiger partial charge < -0.3 is 9.84 Å². The van der Waals surface area contributed by atoms with E-state index >= 15 is 0 Å². The van der Waals surface area contributed by atoms with E-state index in [2.05, 4.69) is 6.58 Å². The molecule has 76 valence electrons. The van der Waals surface area contributed by atoms with Crippen molar-refractivity contribution in [2.75, 3.05) is 6.61 Å². The van der Waals surface area contributed by atoms with E-state index in [1.807, 2.05) is 0 Å². The van der Waals surface area contributed by atoms with Crippen LogP contribution in [0.1, 0.15) is 5.56 Å². The van der Waals surface area contributed by atoms with E-state index in [4.69, 9.17) is 33.0 Å². The smallest absolute Gasteiger partial charge is 0.143 e. The number of rotatable bonds is 4. The molecule has 0 aromatic heterocycles. The summed E-state index contributed by atoms with van der Waals surface area (Å²) < 4.78 is 5.29. The highest BCUT2D eigenvalue weighted by molar-refractivity contribution is 6.35. The van der Waals surface area contributed by atoms with Crippen LogP contribution in [0.2, 0.25) is 10.0 Å². The third-order valence-electron chi connectivity index (χ3n) is 1.60. The van der Waals surface area contributed by atoms with Gasteiger partial charge in [-0.25, -0.2) is 0 Å². The molecule has 0 amide bonds. The van der Waals surface area contributed by atoms with Crippen molar-refractivity contribution in [3.63, 3.8) is 0 Å². The van der Waals surface area contributed by atoms with Crippen LogP contribution in [-0.4, -0.2) is 11.7 Å². The molecule has 0 fully saturated rings. The first-order valence-electron chi connectivity index (χ1n) is 4.01. The van der Waals surface area contributed by atoms with Gasteiger partial charge in [-0.2, -0.15) is 0 Å². The molecule has 0 saturated heterocycles. The highest BCUT2D eigenvalue weighted by Gasteiger charge is 2.09. The fourth-order valence-electron chi connectivity index (χ4n) is 1.03. The normalized spacial score (nSPS) is 9.93. The van der Waals surface area contributed by atoms with E-state index < -0.39 is 0 Å². The van der Waals surface area contributed by atoms with Crippen LogP contribution in [0.15, 0.2) is 24.8 Å². The van der Waals surface area contributed by atoms with Crippen molar-refractivity contribution in [3.05, 3.63) is 40.4 Å². The molecule has 0 unspecified atom stereocenters. The van der Waals surface area contributed by atoms with Crippen LogP contribution in [0.25, 0.3) is 0 Å². The third kappa shape index (κ3) is 2.64. The van der Waals surface area contributed by atoms with Gasteiger partial charge in [0.05, 0.1) is 11.6 Å². The average molecular weight is 233 g/mol. The minimum Gasteiger partial charge on any atom is -0.488 e. The highest BCUT2D eigenvalue weighted by atomic mass is 35.5. The molecule has 14 heavy (non-hydrogen) atoms. The predicted molar refractivity (Wildman–Crippen MR) is 58.1 cm³/mol. The molecule has 1 N–H and O–H groups in total. The Morgan fingerprint density at radius 1 is 1.43 bits per heavy atom. The Labute approximate surface area is 92.7 Å². The molecule has 0 aliphatic carbocycles. The second-order valence-corrected chi connectivity index (χ2v) is 3.48. The Kier molecular flexibility index (Phi) is 4.26. The molecule has 0 aliphatic rings. The van der Waals surface area contributed by atoms with Gasteiger partial charge in [-0.1, -0.05) is 35.9 Å². The maximum Gasteiger partial charge on any atom is 0.143 e. The summed E-state index contributed by atoms with van der Waals surface area (Å²) in [4.78, 5) is 0. The number of hydrogen-bond donors (Lipinski definition) is 1. The number of aliphatic hydroxyl groups excluding tert-OH is 1. The quantitative estimate of drug-likeness (QED) is 0.810. The molecule has 0 aliphatic heterocycles. The van der Waals surface area contributed by atoms with Crippen LogP contribution in [0.3, 0.4) is 0 Å². The minimum atomic E-state index is -0.160. The number of hydrogen-bond acceptors (Lipinski definition) is 2. The van der Waals surface area contributed by atoms with E-state index in [0.717, 1.165) is 0 Å². The molecule has 2 nitrogen and oxygen atoms in total. The molecule has 0 bridgehead atoms. The maximum atomic E-state index is 9.04. The van der Waals surface area contributed by atoms with Gasteiger partial charge in [0.25, 0.3) is 0 Å². The largest absolute Gasteiger partial charge is 0.488 e. The molecule has 0 atom stereocenters. The van der Waals surface area contributed by atoms with Gasteiger partial charge in [-0.15, -0.1) is 0 Å². The zero-order chi connectivity index (χ0) is 10.6. The van der Waals surface area contributed by atoms with Gasteiger partial charge in [0.2, 0.25) is 0 Å². The second-order valence-electron chi connectivity index (χ2n) is 2.63. The number of aliphatic hydroxyl groups is 1. The van der Waals surface area contributed by atoms with Crippen LogP contribution < -0.4 is 4.74 Å². The van der Waals surface area contributed by atoms with Gasteiger partial charge >= 0.3 is 0 Å². The van der Waals surface area contributed by atoms with E-state index in [9.17, 15) is 0 Å². The molecular weight excluding hydrogens is 223 g/mol. The predicted octanol–water partition coefficient (Wildman–Crippen LogP) is 3.05. The van der Waals surface area contributed by atoms with E-state index in [1.165, 1.54) is 0 Å². The zero-order valence-corrected chi connectivity index (χ0v) is 8.98. The van der Waals surface area contributed by atoms with Crippen molar-refractivity contribution < 1.29 is 9.84 Å². The van der Waals surface area contributed by atoms with E-state index in [-0.39, 0.29) is 6.61 Å². The molecule has 4 heteroatoms. The van der Waals surface area contributed by atoms with Crippen LogP contribution in [0.4, 0.5) is 0 Å². The Morgan fingerprint density at radius 2 is 2.14 bits per heavy atom. The Hall–Kier alpha value is -0.700. The molecule has 0 heterocycles. The molecule has 0 saturated carbocycles. The summed E-state index contributed by atoms with van der Waals surface area (Å²) in [6.07, 6.45) is 1.60. The maximum absolute atomic E-state index is 9.04. The van der Waals surface area contributed by atoms with Crippen molar-refractivity contribution in [1.82, 2.24) is 0 Å². The fraction of sp³-hybridized carbons (Fsp3) is 0.200. The Balaban J connectivity index is 3.04. The third-order valence-corrected chi connectivity index (χ3v) is 2.10. The number of ether oxygens (including phenoxy) is 1. The lowest BCUT2D eigenvalue weighted by atomic mass is 10.2. The highest BCUT2D eigenvalue weighted by Crippen LogP contribution is 2.32. The summed E-state index contributed by atoms with van der Waals surface area (Å²) in [6, 6.07) is 3.19. The average Bonchev–Trinajstić information content (AvgIpc) is 2.15. The lowest BCUT2D eigenvalue weighted by molar-refractivity contribution is 0.270. The van der Waals surface area contributed by atoms with Gasteiger partial charge in [-0.05, 0) is 12.1 Å². The summed E-state index contributed by atoms with van der Waals surface area (Å²) in [5, 5.41) is 9.91. The monoisotopic (exact) mass is 232 g/mol. The molecule has 1 rings (SSSR count). The van der Waals surface area contributed by atoms with Gasteiger partial charge in [0.1, 0.15) is 12.4 Å². The van der Waals surface area contributed by atoms with Gasteiger partial charge in [0.15, 0.2) is 0 Å². The van der Waals surface area contributed by atoms with Crippen LogP contribution in [0, 0.1) is 0 Å². The zero-order valence-electron chi connectivity index (χ0n) is 7.46. The Bertz CT molecular complexity index is 337. The molecule has 0 radical (unpaired) electrons. The fourth-order valence-corrected chi connectivity index (χ4v) is 1.63. The number of halogens is 2. The lowest BCUT2D eigenvalue weighted by Crippen LogP contribution is -1.98. The minimum absolute atomic E-state index is 0.160. The lowest BCUT2D eigenvalue weighted by Gasteiger charge is -2.10. The van der Waals surface area contributed by atoms with Crippen molar-refractivity contribution >= 4 is 23.2 Å². The van der Waals surface area contributed by atoms with Crippen LogP contribution in [-0.2, 0) is 6.61 Å². The van der Waals surface area contributed by atoms with Crippen molar-refractivity contribution in [1.29, 1.82) is 0 Å².